The molecule has 0 bridgehead atoms. The molecule has 8 heteroatoms. The molecule has 0 saturated carbocycles. The first-order valence-electron chi connectivity index (χ1n) is 10.8. The van der Waals surface area contributed by atoms with Crippen molar-refractivity contribution in [1.82, 2.24) is 20.0 Å². The smallest absolute Gasteiger partial charge is 0.278 e. The molecule has 2 amide bonds. The van der Waals surface area contributed by atoms with E-state index in [4.69, 9.17) is 0 Å². The van der Waals surface area contributed by atoms with E-state index >= 15 is 0 Å². The third-order valence-electron chi connectivity index (χ3n) is 5.71. The van der Waals surface area contributed by atoms with Crippen LogP contribution in [0.15, 0.2) is 58.7 Å². The van der Waals surface area contributed by atoms with Crippen molar-refractivity contribution in [2.24, 2.45) is 5.92 Å². The van der Waals surface area contributed by atoms with Gasteiger partial charge in [0.05, 0.1) is 5.69 Å². The SMILES string of the molecule is Cc1cc(=O)c(C(=O)N2CCC(C(=O)NCCc3cccs3)CC2)nn1-c1ccccc1. The summed E-state index contributed by atoms with van der Waals surface area (Å²) in [4.78, 5) is 40.9. The molecule has 1 saturated heterocycles. The quantitative estimate of drug-likeness (QED) is 0.626. The van der Waals surface area contributed by atoms with E-state index < -0.39 is 0 Å². The van der Waals surface area contributed by atoms with E-state index in [-0.39, 0.29) is 28.9 Å². The molecule has 7 nitrogen and oxygen atoms in total. The Morgan fingerprint density at radius 2 is 1.88 bits per heavy atom. The van der Waals surface area contributed by atoms with Gasteiger partial charge in [0.25, 0.3) is 5.91 Å². The number of hydrogen-bond donors (Lipinski definition) is 1. The van der Waals surface area contributed by atoms with Crippen LogP contribution in [0.5, 0.6) is 0 Å². The van der Waals surface area contributed by atoms with E-state index in [0.717, 1.165) is 12.1 Å². The van der Waals surface area contributed by atoms with Crippen LogP contribution >= 0.6 is 11.3 Å². The maximum absolute atomic E-state index is 13.0. The number of aryl methyl sites for hydroxylation is 1. The van der Waals surface area contributed by atoms with Crippen LogP contribution in [0.4, 0.5) is 0 Å². The predicted octanol–water partition coefficient (Wildman–Crippen LogP) is 2.81. The van der Waals surface area contributed by atoms with Crippen molar-refractivity contribution in [3.8, 4) is 5.69 Å². The first-order chi connectivity index (χ1) is 15.5. The molecule has 32 heavy (non-hydrogen) atoms. The zero-order valence-corrected chi connectivity index (χ0v) is 18.8. The third kappa shape index (κ3) is 4.96. The number of para-hydroxylation sites is 1. The molecule has 3 aromatic rings. The van der Waals surface area contributed by atoms with E-state index in [9.17, 15) is 14.4 Å². The van der Waals surface area contributed by atoms with E-state index in [1.165, 1.54) is 10.9 Å². The maximum Gasteiger partial charge on any atom is 0.278 e. The fourth-order valence-electron chi connectivity index (χ4n) is 3.93. The minimum Gasteiger partial charge on any atom is -0.355 e. The van der Waals surface area contributed by atoms with Crippen LogP contribution in [0.1, 0.15) is 33.9 Å². The highest BCUT2D eigenvalue weighted by atomic mass is 32.1. The molecule has 0 spiro atoms. The Balaban J connectivity index is 1.37. The molecule has 166 valence electrons. The van der Waals surface area contributed by atoms with Gasteiger partial charge >= 0.3 is 0 Å². The van der Waals surface area contributed by atoms with Crippen molar-refractivity contribution in [3.05, 3.63) is 80.4 Å². The molecule has 4 rings (SSSR count). The van der Waals surface area contributed by atoms with Crippen molar-refractivity contribution < 1.29 is 9.59 Å². The van der Waals surface area contributed by atoms with Crippen LogP contribution in [0.25, 0.3) is 5.69 Å². The van der Waals surface area contributed by atoms with E-state index in [2.05, 4.69) is 16.5 Å². The van der Waals surface area contributed by atoms with E-state index in [0.29, 0.717) is 38.2 Å². The zero-order chi connectivity index (χ0) is 22.5. The average molecular weight is 451 g/mol. The zero-order valence-electron chi connectivity index (χ0n) is 18.0. The Morgan fingerprint density at radius 1 is 1.12 bits per heavy atom. The molecule has 1 aromatic carbocycles. The highest BCUT2D eigenvalue weighted by Gasteiger charge is 2.29. The number of benzene rings is 1. The summed E-state index contributed by atoms with van der Waals surface area (Å²) in [5.41, 5.74) is 0.985. The lowest BCUT2D eigenvalue weighted by Gasteiger charge is -2.31. The van der Waals surface area contributed by atoms with Gasteiger partial charge in [-0.25, -0.2) is 4.68 Å². The van der Waals surface area contributed by atoms with Crippen molar-refractivity contribution in [3.63, 3.8) is 0 Å². The minimum atomic E-state index is -0.381. The molecule has 1 aliphatic rings. The normalized spacial score (nSPS) is 14.3. The number of nitrogens with zero attached hydrogens (tertiary/aromatic N) is 3. The van der Waals surface area contributed by atoms with Gasteiger partial charge < -0.3 is 10.2 Å². The number of carbonyl (C=O) groups is 2. The Kier molecular flexibility index (Phi) is 6.80. The van der Waals surface area contributed by atoms with Gasteiger partial charge in [0.2, 0.25) is 11.3 Å². The highest BCUT2D eigenvalue weighted by Crippen LogP contribution is 2.19. The number of carbonyl (C=O) groups excluding carboxylic acids is 2. The van der Waals surface area contributed by atoms with Gasteiger partial charge in [-0.1, -0.05) is 24.3 Å². The van der Waals surface area contributed by atoms with Crippen LogP contribution in [0.2, 0.25) is 0 Å². The number of aromatic nitrogens is 2. The van der Waals surface area contributed by atoms with Crippen molar-refractivity contribution >= 4 is 23.2 Å². The Hall–Kier alpha value is -3.26. The van der Waals surface area contributed by atoms with Gasteiger partial charge in [-0.2, -0.15) is 5.10 Å². The lowest BCUT2D eigenvalue weighted by Crippen LogP contribution is -2.44. The number of amides is 2. The minimum absolute atomic E-state index is 0.0357. The monoisotopic (exact) mass is 450 g/mol. The molecule has 0 unspecified atom stereocenters. The molecule has 3 heterocycles. The maximum atomic E-state index is 13.0. The van der Waals surface area contributed by atoms with Gasteiger partial charge in [-0.15, -0.1) is 11.3 Å². The molecule has 1 fully saturated rings. The fraction of sp³-hybridized carbons (Fsp3) is 0.333. The topological polar surface area (TPSA) is 84.3 Å². The number of likely N-dealkylation sites (tertiary alicyclic amines) is 1. The predicted molar refractivity (Wildman–Crippen MR) is 124 cm³/mol. The summed E-state index contributed by atoms with van der Waals surface area (Å²) in [7, 11) is 0. The summed E-state index contributed by atoms with van der Waals surface area (Å²) in [5.74, 6) is -0.459. The summed E-state index contributed by atoms with van der Waals surface area (Å²) in [6.07, 6.45) is 1.98. The molecule has 0 aliphatic carbocycles. The summed E-state index contributed by atoms with van der Waals surface area (Å²) in [5, 5.41) is 9.41. The van der Waals surface area contributed by atoms with Gasteiger partial charge in [-0.05, 0) is 49.8 Å². The van der Waals surface area contributed by atoms with Crippen LogP contribution < -0.4 is 10.7 Å². The molecule has 0 atom stereocenters. The lowest BCUT2D eigenvalue weighted by molar-refractivity contribution is -0.126. The van der Waals surface area contributed by atoms with Crippen molar-refractivity contribution in [2.75, 3.05) is 19.6 Å². The van der Waals surface area contributed by atoms with Gasteiger partial charge in [0.1, 0.15) is 0 Å². The fourth-order valence-corrected chi connectivity index (χ4v) is 4.64. The van der Waals surface area contributed by atoms with Crippen LogP contribution in [-0.2, 0) is 11.2 Å². The van der Waals surface area contributed by atoms with Crippen molar-refractivity contribution in [1.29, 1.82) is 0 Å². The van der Waals surface area contributed by atoms with Crippen molar-refractivity contribution in [2.45, 2.75) is 26.2 Å². The number of hydrogen-bond acceptors (Lipinski definition) is 5. The first kappa shape index (κ1) is 22.0. The average Bonchev–Trinajstić information content (AvgIpc) is 3.33. The molecular formula is C24H26N4O3S. The number of nitrogens with one attached hydrogen (secondary N) is 1. The van der Waals surface area contributed by atoms with Crippen LogP contribution in [0, 0.1) is 12.8 Å². The number of piperidine rings is 1. The molecular weight excluding hydrogens is 424 g/mol. The first-order valence-corrected chi connectivity index (χ1v) is 11.7. The summed E-state index contributed by atoms with van der Waals surface area (Å²) >= 11 is 1.68. The summed E-state index contributed by atoms with van der Waals surface area (Å²) in [6, 6.07) is 14.9. The Labute approximate surface area is 190 Å². The molecule has 0 radical (unpaired) electrons. The summed E-state index contributed by atoms with van der Waals surface area (Å²) < 4.78 is 1.61. The van der Waals surface area contributed by atoms with Crippen LogP contribution in [0.3, 0.4) is 0 Å². The van der Waals surface area contributed by atoms with Gasteiger partial charge in [0.15, 0.2) is 5.69 Å². The van der Waals surface area contributed by atoms with E-state index in [1.807, 2.05) is 41.8 Å². The molecule has 1 N–H and O–H groups in total. The van der Waals surface area contributed by atoms with E-state index in [1.54, 1.807) is 27.8 Å². The second kappa shape index (κ2) is 9.91. The van der Waals surface area contributed by atoms with Gasteiger partial charge in [0, 0.05) is 42.2 Å². The second-order valence-electron chi connectivity index (χ2n) is 7.93. The Bertz CT molecular complexity index is 1130. The molecule has 2 aromatic heterocycles. The van der Waals surface area contributed by atoms with Crippen LogP contribution in [-0.4, -0.2) is 46.1 Å². The Morgan fingerprint density at radius 3 is 2.56 bits per heavy atom. The molecule has 1 aliphatic heterocycles. The summed E-state index contributed by atoms with van der Waals surface area (Å²) in [6.45, 7) is 3.27. The number of thiophene rings is 1. The lowest BCUT2D eigenvalue weighted by atomic mass is 9.95. The number of rotatable bonds is 6. The largest absolute Gasteiger partial charge is 0.355 e. The standard InChI is InChI=1S/C24H26N4O3S/c1-17-16-21(29)22(26-28(17)19-6-3-2-4-7-19)24(31)27-13-10-18(11-14-27)23(30)25-12-9-20-8-5-15-32-20/h2-8,15-16,18H,9-14H2,1H3,(H,25,30). The second-order valence-corrected chi connectivity index (χ2v) is 8.97. The third-order valence-corrected chi connectivity index (χ3v) is 6.65. The van der Waals surface area contributed by atoms with Gasteiger partial charge in [-0.3, -0.25) is 14.4 Å². The highest BCUT2D eigenvalue weighted by molar-refractivity contribution is 7.09.